The van der Waals surface area contributed by atoms with Crippen LogP contribution in [-0.4, -0.2) is 30.8 Å². The lowest BCUT2D eigenvalue weighted by atomic mass is 9.88. The zero-order chi connectivity index (χ0) is 9.90. The molecule has 0 bridgehead atoms. The van der Waals surface area contributed by atoms with Gasteiger partial charge in [-0.3, -0.25) is 0 Å². The molecule has 0 spiro atoms. The smallest absolute Gasteiger partial charge is 0.0604 e. The van der Waals surface area contributed by atoms with Crippen LogP contribution in [0.2, 0.25) is 0 Å². The van der Waals surface area contributed by atoms with Crippen molar-refractivity contribution in [3.8, 4) is 0 Å². The van der Waals surface area contributed by atoms with E-state index in [4.69, 9.17) is 10.5 Å². The van der Waals surface area contributed by atoms with Crippen LogP contribution in [-0.2, 0) is 4.74 Å². The molecule has 78 valence electrons. The number of ether oxygens (including phenoxy) is 1. The highest BCUT2D eigenvalue weighted by Gasteiger charge is 2.29. The van der Waals surface area contributed by atoms with Crippen molar-refractivity contribution >= 4 is 0 Å². The molecule has 0 heterocycles. The molecule has 3 heteroatoms. The van der Waals surface area contributed by atoms with Crippen LogP contribution in [0.25, 0.3) is 0 Å². The van der Waals surface area contributed by atoms with Gasteiger partial charge in [-0.15, -0.1) is 0 Å². The molecule has 0 aromatic heterocycles. The topological polar surface area (TPSA) is 47.3 Å². The van der Waals surface area contributed by atoms with Gasteiger partial charge in [0.1, 0.15) is 0 Å². The van der Waals surface area contributed by atoms with E-state index in [1.54, 1.807) is 0 Å². The van der Waals surface area contributed by atoms with Crippen LogP contribution in [0.3, 0.4) is 0 Å². The Morgan fingerprint density at radius 3 is 2.54 bits per heavy atom. The largest absolute Gasteiger partial charge is 0.378 e. The van der Waals surface area contributed by atoms with Crippen LogP contribution < -0.4 is 11.1 Å². The minimum absolute atomic E-state index is 0.100. The molecule has 13 heavy (non-hydrogen) atoms. The summed E-state index contributed by atoms with van der Waals surface area (Å²) in [6, 6.07) is 0.624. The van der Waals surface area contributed by atoms with E-state index in [0.717, 1.165) is 26.0 Å². The summed E-state index contributed by atoms with van der Waals surface area (Å²) < 4.78 is 5.47. The fraction of sp³-hybridized carbons (Fsp3) is 1.00. The first-order valence-electron chi connectivity index (χ1n) is 5.15. The van der Waals surface area contributed by atoms with Crippen molar-refractivity contribution in [1.82, 2.24) is 5.32 Å². The van der Waals surface area contributed by atoms with E-state index >= 15 is 0 Å². The van der Waals surface area contributed by atoms with E-state index in [0.29, 0.717) is 12.1 Å². The van der Waals surface area contributed by atoms with Gasteiger partial charge in [-0.05, 0) is 33.6 Å². The fourth-order valence-electron chi connectivity index (χ4n) is 1.51. The maximum atomic E-state index is 5.86. The van der Waals surface area contributed by atoms with Crippen molar-refractivity contribution in [2.75, 3.05) is 13.2 Å². The molecule has 0 aliphatic heterocycles. The normalized spacial score (nSPS) is 28.6. The molecule has 0 unspecified atom stereocenters. The Hall–Kier alpha value is -0.120. The van der Waals surface area contributed by atoms with Crippen molar-refractivity contribution in [3.63, 3.8) is 0 Å². The monoisotopic (exact) mass is 186 g/mol. The third-order valence-electron chi connectivity index (χ3n) is 2.34. The summed E-state index contributed by atoms with van der Waals surface area (Å²) in [5, 5.41) is 3.44. The van der Waals surface area contributed by atoms with Gasteiger partial charge >= 0.3 is 0 Å². The molecular weight excluding hydrogens is 164 g/mol. The first-order valence-corrected chi connectivity index (χ1v) is 5.15. The average molecular weight is 186 g/mol. The summed E-state index contributed by atoms with van der Waals surface area (Å²) in [6.45, 7) is 7.84. The number of nitrogens with two attached hydrogens (primary N) is 1. The van der Waals surface area contributed by atoms with Crippen LogP contribution in [0.5, 0.6) is 0 Å². The molecule has 0 saturated heterocycles. The van der Waals surface area contributed by atoms with Crippen molar-refractivity contribution in [1.29, 1.82) is 0 Å². The summed E-state index contributed by atoms with van der Waals surface area (Å²) in [4.78, 5) is 0. The lowest BCUT2D eigenvalue weighted by Crippen LogP contribution is -2.52. The lowest BCUT2D eigenvalue weighted by molar-refractivity contribution is -0.0106. The van der Waals surface area contributed by atoms with E-state index < -0.39 is 0 Å². The molecule has 1 aliphatic carbocycles. The quantitative estimate of drug-likeness (QED) is 0.670. The first-order chi connectivity index (χ1) is 6.01. The highest BCUT2D eigenvalue weighted by atomic mass is 16.5. The third-order valence-corrected chi connectivity index (χ3v) is 2.34. The van der Waals surface area contributed by atoms with Gasteiger partial charge in [0, 0.05) is 24.7 Å². The summed E-state index contributed by atoms with van der Waals surface area (Å²) >= 11 is 0. The summed E-state index contributed by atoms with van der Waals surface area (Å²) in [5.41, 5.74) is 5.76. The molecule has 0 aromatic carbocycles. The van der Waals surface area contributed by atoms with E-state index in [2.05, 4.69) is 5.32 Å². The predicted molar refractivity (Wildman–Crippen MR) is 54.7 cm³/mol. The second-order valence-electron chi connectivity index (χ2n) is 4.62. The number of hydrogen-bond acceptors (Lipinski definition) is 3. The molecule has 0 amide bonds. The SMILES string of the molecule is CCOC1CC(NCC(C)(C)N)C1. The van der Waals surface area contributed by atoms with Gasteiger partial charge in [0.05, 0.1) is 6.10 Å². The van der Waals surface area contributed by atoms with Crippen molar-refractivity contribution in [2.24, 2.45) is 5.73 Å². The second-order valence-corrected chi connectivity index (χ2v) is 4.62. The first kappa shape index (κ1) is 11.0. The Kier molecular flexibility index (Phi) is 3.71. The third kappa shape index (κ3) is 4.07. The number of rotatable bonds is 5. The summed E-state index contributed by atoms with van der Waals surface area (Å²) in [7, 11) is 0. The van der Waals surface area contributed by atoms with Gasteiger partial charge in [0.15, 0.2) is 0 Å². The lowest BCUT2D eigenvalue weighted by Gasteiger charge is -2.37. The Labute approximate surface area is 81.0 Å². The van der Waals surface area contributed by atoms with Crippen molar-refractivity contribution in [3.05, 3.63) is 0 Å². The molecule has 3 nitrogen and oxygen atoms in total. The fourth-order valence-corrected chi connectivity index (χ4v) is 1.51. The minimum atomic E-state index is -0.100. The Balaban J connectivity index is 2.02. The zero-order valence-electron chi connectivity index (χ0n) is 8.97. The molecular formula is C10H22N2O. The van der Waals surface area contributed by atoms with Gasteiger partial charge in [-0.25, -0.2) is 0 Å². The highest BCUT2D eigenvalue weighted by molar-refractivity contribution is 4.88. The molecule has 0 radical (unpaired) electrons. The van der Waals surface area contributed by atoms with Crippen LogP contribution >= 0.6 is 0 Å². The van der Waals surface area contributed by atoms with Crippen LogP contribution in [0, 0.1) is 0 Å². The van der Waals surface area contributed by atoms with Gasteiger partial charge in [-0.1, -0.05) is 0 Å². The molecule has 1 rings (SSSR count). The van der Waals surface area contributed by atoms with E-state index in [9.17, 15) is 0 Å². The summed E-state index contributed by atoms with van der Waals surface area (Å²) in [6.07, 6.45) is 2.77. The standard InChI is InChI=1S/C10H22N2O/c1-4-13-9-5-8(6-9)12-7-10(2,3)11/h8-9,12H,4-7,11H2,1-3H3. The van der Waals surface area contributed by atoms with E-state index in [1.807, 2.05) is 20.8 Å². The number of hydrogen-bond donors (Lipinski definition) is 2. The van der Waals surface area contributed by atoms with Gasteiger partial charge in [-0.2, -0.15) is 0 Å². The molecule has 1 saturated carbocycles. The predicted octanol–water partition coefficient (Wildman–Crippen LogP) is 0.881. The van der Waals surface area contributed by atoms with Crippen LogP contribution in [0.1, 0.15) is 33.6 Å². The number of nitrogens with one attached hydrogen (secondary N) is 1. The summed E-state index contributed by atoms with van der Waals surface area (Å²) in [5.74, 6) is 0. The Morgan fingerprint density at radius 2 is 2.08 bits per heavy atom. The van der Waals surface area contributed by atoms with Crippen molar-refractivity contribution in [2.45, 2.75) is 51.3 Å². The molecule has 3 N–H and O–H groups in total. The van der Waals surface area contributed by atoms with Crippen LogP contribution in [0.15, 0.2) is 0 Å². The van der Waals surface area contributed by atoms with Gasteiger partial charge in [0.25, 0.3) is 0 Å². The van der Waals surface area contributed by atoms with E-state index in [1.165, 1.54) is 0 Å². The Morgan fingerprint density at radius 1 is 1.46 bits per heavy atom. The maximum Gasteiger partial charge on any atom is 0.0604 e. The van der Waals surface area contributed by atoms with Crippen molar-refractivity contribution < 1.29 is 4.74 Å². The molecule has 1 aliphatic rings. The molecule has 0 aromatic rings. The molecule has 1 fully saturated rings. The molecule has 0 atom stereocenters. The maximum absolute atomic E-state index is 5.86. The highest BCUT2D eigenvalue weighted by Crippen LogP contribution is 2.23. The average Bonchev–Trinajstić information content (AvgIpc) is 1.91. The zero-order valence-corrected chi connectivity index (χ0v) is 8.97. The van der Waals surface area contributed by atoms with Gasteiger partial charge < -0.3 is 15.8 Å². The van der Waals surface area contributed by atoms with Crippen LogP contribution in [0.4, 0.5) is 0 Å². The van der Waals surface area contributed by atoms with E-state index in [-0.39, 0.29) is 5.54 Å². The Bertz CT molecular complexity index is 147. The van der Waals surface area contributed by atoms with Gasteiger partial charge in [0.2, 0.25) is 0 Å². The minimum Gasteiger partial charge on any atom is -0.378 e. The second kappa shape index (κ2) is 4.40.